The first-order valence-corrected chi connectivity index (χ1v) is 11.5. The second-order valence-electron chi connectivity index (χ2n) is 8.26. The summed E-state index contributed by atoms with van der Waals surface area (Å²) in [5.74, 6) is 0.793. The van der Waals surface area contributed by atoms with E-state index in [1.54, 1.807) is 43.4 Å². The number of benzene rings is 3. The van der Waals surface area contributed by atoms with Gasteiger partial charge in [-0.05, 0) is 53.9 Å². The number of halogens is 2. The van der Waals surface area contributed by atoms with Gasteiger partial charge >= 0.3 is 0 Å². The summed E-state index contributed by atoms with van der Waals surface area (Å²) in [5.41, 5.74) is 4.54. The maximum atomic E-state index is 13.7. The summed E-state index contributed by atoms with van der Waals surface area (Å²) in [6.45, 7) is 0.443. The van der Waals surface area contributed by atoms with E-state index in [1.165, 1.54) is 12.1 Å². The van der Waals surface area contributed by atoms with Crippen LogP contribution in [-0.4, -0.2) is 41.8 Å². The molecule has 1 amide bonds. The molecule has 0 bridgehead atoms. The van der Waals surface area contributed by atoms with Crippen LogP contribution in [0.2, 0.25) is 5.02 Å². The monoisotopic (exact) mass is 491 g/mol. The third kappa shape index (κ3) is 4.23. The molecular formula is C27H23ClFN3O3. The molecule has 5 rings (SSSR count). The SMILES string of the molecule is COc1ccc(CCN2C(=O)c3[nH]nc(-c4ccc(Cl)cc4)c3C2c2ccc(F)cc2)cc1OC. The normalized spacial score (nSPS) is 14.8. The first-order chi connectivity index (χ1) is 17.0. The number of amides is 1. The second-order valence-corrected chi connectivity index (χ2v) is 8.70. The number of aromatic nitrogens is 2. The van der Waals surface area contributed by atoms with Crippen molar-refractivity contribution in [3.63, 3.8) is 0 Å². The molecule has 1 atom stereocenters. The average molecular weight is 492 g/mol. The Labute approximate surface area is 207 Å². The minimum atomic E-state index is -0.414. The maximum absolute atomic E-state index is 13.7. The summed E-state index contributed by atoms with van der Waals surface area (Å²) in [5, 5.41) is 8.01. The molecule has 0 saturated heterocycles. The Bertz CT molecular complexity index is 1370. The molecule has 1 aromatic heterocycles. The van der Waals surface area contributed by atoms with Crippen molar-refractivity contribution in [3.8, 4) is 22.8 Å². The van der Waals surface area contributed by atoms with Gasteiger partial charge in [-0.3, -0.25) is 9.89 Å². The Balaban J connectivity index is 1.52. The summed E-state index contributed by atoms with van der Waals surface area (Å²) in [7, 11) is 3.18. The summed E-state index contributed by atoms with van der Waals surface area (Å²) in [6, 6.07) is 18.9. The Kier molecular flexibility index (Phi) is 6.17. The molecule has 8 heteroatoms. The molecule has 2 heterocycles. The molecule has 1 aliphatic heterocycles. The van der Waals surface area contributed by atoms with Crippen LogP contribution in [0, 0.1) is 5.82 Å². The van der Waals surface area contributed by atoms with Crippen LogP contribution in [0.3, 0.4) is 0 Å². The van der Waals surface area contributed by atoms with E-state index >= 15 is 0 Å². The van der Waals surface area contributed by atoms with Crippen LogP contribution >= 0.6 is 11.6 Å². The molecule has 1 N–H and O–H groups in total. The summed E-state index contributed by atoms with van der Waals surface area (Å²) < 4.78 is 24.5. The Morgan fingerprint density at radius 2 is 1.71 bits per heavy atom. The van der Waals surface area contributed by atoms with Gasteiger partial charge in [-0.2, -0.15) is 5.10 Å². The molecule has 0 radical (unpaired) electrons. The molecule has 0 aliphatic carbocycles. The van der Waals surface area contributed by atoms with E-state index < -0.39 is 6.04 Å². The van der Waals surface area contributed by atoms with Crippen LogP contribution in [0.15, 0.2) is 66.7 Å². The molecule has 1 aliphatic rings. The molecule has 4 aromatic rings. The lowest BCUT2D eigenvalue weighted by Gasteiger charge is -2.26. The number of ether oxygens (including phenoxy) is 2. The topological polar surface area (TPSA) is 67.5 Å². The van der Waals surface area contributed by atoms with Gasteiger partial charge in [-0.25, -0.2) is 4.39 Å². The quantitative estimate of drug-likeness (QED) is 0.361. The Morgan fingerprint density at radius 3 is 2.40 bits per heavy atom. The van der Waals surface area contributed by atoms with Crippen molar-refractivity contribution in [2.75, 3.05) is 20.8 Å². The van der Waals surface area contributed by atoms with Gasteiger partial charge < -0.3 is 14.4 Å². The zero-order valence-corrected chi connectivity index (χ0v) is 20.0. The standard InChI is InChI=1S/C27H23ClFN3O3/c1-34-21-12-3-16(15-22(21)35-2)13-14-32-26(18-6-10-20(29)11-7-18)23-24(30-31-25(23)27(32)33)17-4-8-19(28)9-5-17/h3-12,15,26H,13-14H2,1-2H3,(H,30,31). The molecule has 178 valence electrons. The fourth-order valence-electron chi connectivity index (χ4n) is 4.53. The minimum absolute atomic E-state index is 0.150. The zero-order valence-electron chi connectivity index (χ0n) is 19.2. The third-order valence-electron chi connectivity index (χ3n) is 6.26. The smallest absolute Gasteiger partial charge is 0.273 e. The van der Waals surface area contributed by atoms with Gasteiger partial charge in [0.1, 0.15) is 11.5 Å². The molecule has 0 spiro atoms. The van der Waals surface area contributed by atoms with Crippen LogP contribution in [-0.2, 0) is 6.42 Å². The van der Waals surface area contributed by atoms with E-state index in [1.807, 2.05) is 30.3 Å². The van der Waals surface area contributed by atoms with Gasteiger partial charge in [0.2, 0.25) is 0 Å². The van der Waals surface area contributed by atoms with E-state index in [4.69, 9.17) is 21.1 Å². The van der Waals surface area contributed by atoms with Gasteiger partial charge in [-0.15, -0.1) is 0 Å². The predicted octanol–water partition coefficient (Wildman–Crippen LogP) is 5.67. The lowest BCUT2D eigenvalue weighted by atomic mass is 9.96. The van der Waals surface area contributed by atoms with Crippen LogP contribution in [0.25, 0.3) is 11.3 Å². The lowest BCUT2D eigenvalue weighted by molar-refractivity contribution is 0.0746. The molecule has 35 heavy (non-hydrogen) atoms. The predicted molar refractivity (Wildman–Crippen MR) is 132 cm³/mol. The number of H-pyrrole nitrogens is 1. The van der Waals surface area contributed by atoms with Gasteiger partial charge in [0.25, 0.3) is 5.91 Å². The van der Waals surface area contributed by atoms with Crippen molar-refractivity contribution in [1.82, 2.24) is 15.1 Å². The van der Waals surface area contributed by atoms with Crippen molar-refractivity contribution in [1.29, 1.82) is 0 Å². The maximum Gasteiger partial charge on any atom is 0.273 e. The highest BCUT2D eigenvalue weighted by molar-refractivity contribution is 6.30. The van der Waals surface area contributed by atoms with Crippen molar-refractivity contribution >= 4 is 17.5 Å². The van der Waals surface area contributed by atoms with Gasteiger partial charge in [0.15, 0.2) is 11.5 Å². The first kappa shape index (κ1) is 22.9. The Morgan fingerprint density at radius 1 is 1.00 bits per heavy atom. The first-order valence-electron chi connectivity index (χ1n) is 11.1. The minimum Gasteiger partial charge on any atom is -0.493 e. The zero-order chi connectivity index (χ0) is 24.5. The highest BCUT2D eigenvalue weighted by atomic mass is 35.5. The number of methoxy groups -OCH3 is 2. The number of rotatable bonds is 7. The molecule has 0 fully saturated rings. The number of nitrogens with zero attached hydrogens (tertiary/aromatic N) is 2. The van der Waals surface area contributed by atoms with Gasteiger partial charge in [-0.1, -0.05) is 41.9 Å². The van der Waals surface area contributed by atoms with Crippen LogP contribution in [0.5, 0.6) is 11.5 Å². The fraction of sp³-hybridized carbons (Fsp3) is 0.185. The van der Waals surface area contributed by atoms with Gasteiger partial charge in [0, 0.05) is 22.7 Å². The number of hydrogen-bond donors (Lipinski definition) is 1. The van der Waals surface area contributed by atoms with Crippen molar-refractivity contribution in [3.05, 3.63) is 100.0 Å². The third-order valence-corrected chi connectivity index (χ3v) is 6.51. The Hall–Kier alpha value is -3.84. The van der Waals surface area contributed by atoms with E-state index in [0.29, 0.717) is 40.9 Å². The lowest BCUT2D eigenvalue weighted by Crippen LogP contribution is -2.31. The summed E-state index contributed by atoms with van der Waals surface area (Å²) in [6.07, 6.45) is 0.595. The van der Waals surface area contributed by atoms with Gasteiger partial charge in [0.05, 0.1) is 26.0 Å². The van der Waals surface area contributed by atoms with E-state index in [-0.39, 0.29) is 11.7 Å². The molecular weight excluding hydrogens is 469 g/mol. The average Bonchev–Trinajstić information content (AvgIpc) is 3.42. The van der Waals surface area contributed by atoms with Crippen molar-refractivity contribution in [2.45, 2.75) is 12.5 Å². The number of carbonyl (C=O) groups excluding carboxylic acids is 1. The van der Waals surface area contributed by atoms with Crippen molar-refractivity contribution < 1.29 is 18.7 Å². The highest BCUT2D eigenvalue weighted by Crippen LogP contribution is 2.43. The van der Waals surface area contributed by atoms with Crippen LogP contribution in [0.4, 0.5) is 4.39 Å². The van der Waals surface area contributed by atoms with Crippen LogP contribution < -0.4 is 9.47 Å². The second kappa shape index (κ2) is 9.43. The van der Waals surface area contributed by atoms with E-state index in [0.717, 1.165) is 22.3 Å². The van der Waals surface area contributed by atoms with Crippen molar-refractivity contribution in [2.24, 2.45) is 0 Å². The number of fused-ring (bicyclic) bond motifs is 1. The molecule has 6 nitrogen and oxygen atoms in total. The van der Waals surface area contributed by atoms with E-state index in [9.17, 15) is 9.18 Å². The number of aromatic amines is 1. The fourth-order valence-corrected chi connectivity index (χ4v) is 4.66. The molecule has 3 aromatic carbocycles. The molecule has 0 saturated carbocycles. The highest BCUT2D eigenvalue weighted by Gasteiger charge is 2.41. The summed E-state index contributed by atoms with van der Waals surface area (Å²) in [4.78, 5) is 15.3. The number of carbonyl (C=O) groups is 1. The number of nitrogens with one attached hydrogen (secondary N) is 1. The van der Waals surface area contributed by atoms with Crippen LogP contribution in [0.1, 0.15) is 33.2 Å². The van der Waals surface area contributed by atoms with E-state index in [2.05, 4.69) is 10.2 Å². The number of hydrogen-bond acceptors (Lipinski definition) is 4. The largest absolute Gasteiger partial charge is 0.493 e. The molecule has 1 unspecified atom stereocenters. The summed E-state index contributed by atoms with van der Waals surface area (Å²) >= 11 is 6.07.